The van der Waals surface area contributed by atoms with Gasteiger partial charge in [0.05, 0.1) is 16.9 Å². The van der Waals surface area contributed by atoms with Gasteiger partial charge in [0.15, 0.2) is 0 Å². The summed E-state index contributed by atoms with van der Waals surface area (Å²) in [6, 6.07) is 8.37. The zero-order valence-electron chi connectivity index (χ0n) is 15.2. The second kappa shape index (κ2) is 6.02. The van der Waals surface area contributed by atoms with E-state index in [9.17, 15) is 4.79 Å². The van der Waals surface area contributed by atoms with Crippen LogP contribution in [0.1, 0.15) is 41.0 Å². The summed E-state index contributed by atoms with van der Waals surface area (Å²) in [6.45, 7) is 0. The molecular formula is C20H22ClN5O. The maximum Gasteiger partial charge on any atom is 0.272 e. The van der Waals surface area contributed by atoms with Crippen molar-refractivity contribution < 1.29 is 4.79 Å². The maximum atomic E-state index is 13.6. The molecule has 2 aliphatic rings. The molecule has 1 fully saturated rings. The molecule has 0 bridgehead atoms. The fourth-order valence-electron chi connectivity index (χ4n) is 4.43. The van der Waals surface area contributed by atoms with Gasteiger partial charge in [-0.05, 0) is 43.7 Å². The lowest BCUT2D eigenvalue weighted by molar-refractivity contribution is 0.0633. The zero-order chi connectivity index (χ0) is 18.7. The van der Waals surface area contributed by atoms with E-state index < -0.39 is 0 Å². The topological polar surface area (TPSA) is 69.1 Å². The van der Waals surface area contributed by atoms with Crippen LogP contribution in [0, 0.1) is 0 Å². The van der Waals surface area contributed by atoms with Crippen molar-refractivity contribution in [1.29, 1.82) is 0 Å². The van der Waals surface area contributed by atoms with Crippen LogP contribution in [0.2, 0.25) is 5.02 Å². The minimum Gasteiger partial charge on any atom is -0.338 e. The molecule has 0 aliphatic heterocycles. The van der Waals surface area contributed by atoms with Crippen LogP contribution >= 0.6 is 11.6 Å². The minimum atomic E-state index is 0.0368. The Morgan fingerprint density at radius 2 is 2.04 bits per heavy atom. The Bertz CT molecular complexity index is 1010. The first kappa shape index (κ1) is 16.7. The lowest BCUT2D eigenvalue weighted by Gasteiger charge is -2.34. The normalized spacial score (nSPS) is 19.3. The predicted octanol–water partition coefficient (Wildman–Crippen LogP) is 2.90. The van der Waals surface area contributed by atoms with Crippen LogP contribution in [0.4, 0.5) is 0 Å². The molecule has 140 valence electrons. The van der Waals surface area contributed by atoms with E-state index in [-0.39, 0.29) is 11.9 Å². The molecule has 2 N–H and O–H groups in total. The number of nitrogens with zero attached hydrogens (tertiary/aromatic N) is 4. The van der Waals surface area contributed by atoms with Gasteiger partial charge in [0.25, 0.3) is 5.91 Å². The summed E-state index contributed by atoms with van der Waals surface area (Å²) in [4.78, 5) is 17.1. The van der Waals surface area contributed by atoms with E-state index in [1.807, 2.05) is 42.1 Å². The molecule has 0 spiro atoms. The SMILES string of the molecule is Cn1c(C(=O)N(C2CC2)C2CCc3nn(N)cc3C2)c(Cl)c2ccccc21. The molecule has 5 rings (SSSR count). The summed E-state index contributed by atoms with van der Waals surface area (Å²) in [5.41, 5.74) is 3.77. The van der Waals surface area contributed by atoms with Gasteiger partial charge in [0, 0.05) is 30.0 Å². The van der Waals surface area contributed by atoms with Crippen LogP contribution in [0.25, 0.3) is 10.9 Å². The van der Waals surface area contributed by atoms with Crippen LogP contribution < -0.4 is 5.84 Å². The number of aromatic nitrogens is 3. The van der Waals surface area contributed by atoms with Crippen LogP contribution in [-0.2, 0) is 19.9 Å². The molecule has 1 aromatic carbocycles. The van der Waals surface area contributed by atoms with E-state index in [2.05, 4.69) is 10.00 Å². The average molecular weight is 384 g/mol. The minimum absolute atomic E-state index is 0.0368. The first-order valence-electron chi connectivity index (χ1n) is 9.42. The molecule has 3 aromatic rings. The van der Waals surface area contributed by atoms with Crippen molar-refractivity contribution in [2.24, 2.45) is 7.05 Å². The summed E-state index contributed by atoms with van der Waals surface area (Å²) in [5, 5.41) is 5.81. The van der Waals surface area contributed by atoms with Crippen molar-refractivity contribution in [3.63, 3.8) is 0 Å². The van der Waals surface area contributed by atoms with Crippen molar-refractivity contribution in [2.75, 3.05) is 5.84 Å². The monoisotopic (exact) mass is 383 g/mol. The van der Waals surface area contributed by atoms with Gasteiger partial charge in [-0.2, -0.15) is 9.89 Å². The Morgan fingerprint density at radius 1 is 1.26 bits per heavy atom. The Morgan fingerprint density at radius 3 is 2.78 bits per heavy atom. The van der Waals surface area contributed by atoms with Gasteiger partial charge in [0.1, 0.15) is 5.69 Å². The summed E-state index contributed by atoms with van der Waals surface area (Å²) in [6.07, 6.45) is 6.56. The molecule has 1 amide bonds. The number of nitrogens with two attached hydrogens (primary N) is 1. The van der Waals surface area contributed by atoms with Crippen molar-refractivity contribution in [2.45, 2.75) is 44.2 Å². The summed E-state index contributed by atoms with van der Waals surface area (Å²) in [5.74, 6) is 5.83. The van der Waals surface area contributed by atoms with Crippen LogP contribution in [0.15, 0.2) is 30.5 Å². The van der Waals surface area contributed by atoms with Crippen molar-refractivity contribution >= 4 is 28.4 Å². The third kappa shape index (κ3) is 2.62. The second-order valence-electron chi connectivity index (χ2n) is 7.66. The van der Waals surface area contributed by atoms with Crippen LogP contribution in [0.5, 0.6) is 0 Å². The van der Waals surface area contributed by atoms with Gasteiger partial charge in [-0.3, -0.25) is 4.79 Å². The van der Waals surface area contributed by atoms with Crippen molar-refractivity contribution in [1.82, 2.24) is 19.4 Å². The predicted molar refractivity (Wildman–Crippen MR) is 105 cm³/mol. The van der Waals surface area contributed by atoms with Crippen molar-refractivity contribution in [3.05, 3.63) is 52.4 Å². The van der Waals surface area contributed by atoms with Gasteiger partial charge in [0.2, 0.25) is 0 Å². The van der Waals surface area contributed by atoms with E-state index in [1.165, 1.54) is 4.79 Å². The Hall–Kier alpha value is -2.47. The number of amides is 1. The number of hydrogen-bond acceptors (Lipinski definition) is 3. The van der Waals surface area contributed by atoms with Crippen molar-refractivity contribution in [3.8, 4) is 0 Å². The molecule has 0 saturated heterocycles. The first-order valence-corrected chi connectivity index (χ1v) is 9.80. The third-order valence-electron chi connectivity index (χ3n) is 5.88. The number of rotatable bonds is 3. The summed E-state index contributed by atoms with van der Waals surface area (Å²) >= 11 is 6.65. The Balaban J connectivity index is 1.53. The molecule has 6 nitrogen and oxygen atoms in total. The molecule has 7 heteroatoms. The molecule has 27 heavy (non-hydrogen) atoms. The highest BCUT2D eigenvalue weighted by atomic mass is 35.5. The lowest BCUT2D eigenvalue weighted by atomic mass is 9.92. The number of carbonyl (C=O) groups excluding carboxylic acids is 1. The number of fused-ring (bicyclic) bond motifs is 2. The van der Waals surface area contributed by atoms with E-state index in [4.69, 9.17) is 17.4 Å². The number of aryl methyl sites for hydroxylation is 2. The second-order valence-corrected chi connectivity index (χ2v) is 8.04. The standard InChI is InChI=1S/C20H22ClN5O/c1-24-17-5-3-2-4-15(17)18(21)19(24)20(27)26(13-6-7-13)14-8-9-16-12(10-14)11-25(22)23-16/h2-5,11,13-14H,6-10,22H2,1H3. The zero-order valence-corrected chi connectivity index (χ0v) is 16.0. The van der Waals surface area contributed by atoms with Gasteiger partial charge in [-0.25, -0.2) is 0 Å². The molecule has 1 atom stereocenters. The highest BCUT2D eigenvalue weighted by molar-refractivity contribution is 6.38. The number of carbonyl (C=O) groups is 1. The number of halogens is 1. The first-order chi connectivity index (χ1) is 13.0. The summed E-state index contributed by atoms with van der Waals surface area (Å²) < 4.78 is 1.93. The van der Waals surface area contributed by atoms with E-state index in [0.717, 1.165) is 54.3 Å². The number of benzene rings is 1. The molecule has 1 saturated carbocycles. The van der Waals surface area contributed by atoms with Crippen LogP contribution in [-0.4, -0.2) is 37.3 Å². The fourth-order valence-corrected chi connectivity index (χ4v) is 4.80. The molecule has 0 radical (unpaired) electrons. The van der Waals surface area contributed by atoms with Gasteiger partial charge < -0.3 is 15.3 Å². The number of hydrogen-bond donors (Lipinski definition) is 1. The van der Waals surface area contributed by atoms with E-state index >= 15 is 0 Å². The third-order valence-corrected chi connectivity index (χ3v) is 6.26. The molecule has 1 unspecified atom stereocenters. The van der Waals surface area contributed by atoms with E-state index in [1.54, 1.807) is 0 Å². The largest absolute Gasteiger partial charge is 0.338 e. The number of para-hydroxylation sites is 1. The maximum absolute atomic E-state index is 13.6. The molecule has 2 heterocycles. The lowest BCUT2D eigenvalue weighted by Crippen LogP contribution is -2.45. The Labute approximate surface area is 162 Å². The summed E-state index contributed by atoms with van der Waals surface area (Å²) in [7, 11) is 1.92. The van der Waals surface area contributed by atoms with Crippen LogP contribution in [0.3, 0.4) is 0 Å². The molecular weight excluding hydrogens is 362 g/mol. The highest BCUT2D eigenvalue weighted by Crippen LogP contribution is 2.37. The van der Waals surface area contributed by atoms with Gasteiger partial charge in [-0.15, -0.1) is 0 Å². The van der Waals surface area contributed by atoms with Gasteiger partial charge in [-0.1, -0.05) is 29.8 Å². The Kier molecular flexibility index (Phi) is 3.72. The highest BCUT2D eigenvalue weighted by Gasteiger charge is 2.41. The quantitative estimate of drug-likeness (QED) is 0.707. The average Bonchev–Trinajstić information content (AvgIpc) is 3.36. The molecule has 2 aliphatic carbocycles. The fraction of sp³-hybridized carbons (Fsp3) is 0.400. The van der Waals surface area contributed by atoms with E-state index in [0.29, 0.717) is 16.8 Å². The van der Waals surface area contributed by atoms with Gasteiger partial charge >= 0.3 is 0 Å². The number of nitrogen functional groups attached to an aromatic ring is 1. The smallest absolute Gasteiger partial charge is 0.272 e. The molecule has 2 aromatic heterocycles.